The van der Waals surface area contributed by atoms with Gasteiger partial charge in [-0.25, -0.2) is 0 Å². The molecule has 0 radical (unpaired) electrons. The van der Waals surface area contributed by atoms with Crippen LogP contribution in [0.25, 0.3) is 0 Å². The summed E-state index contributed by atoms with van der Waals surface area (Å²) in [6.07, 6.45) is 0.699. The van der Waals surface area contributed by atoms with Gasteiger partial charge >= 0.3 is 0 Å². The molecular weight excluding hydrogens is 156 g/mol. The second-order valence-electron chi connectivity index (χ2n) is 4.07. The van der Waals surface area contributed by atoms with Gasteiger partial charge in [0, 0.05) is 0 Å². The molecule has 3 heteroatoms. The monoisotopic (exact) mass is 174 g/mol. The standard InChI is InChI=1S/C8H18O2Si/c1-7(2)8(6-9)10-11(3,4)5/h6-8H,1-5H3/t8-/m1/s1. The summed E-state index contributed by atoms with van der Waals surface area (Å²) >= 11 is 0. The molecule has 0 fully saturated rings. The summed E-state index contributed by atoms with van der Waals surface area (Å²) < 4.78 is 5.62. The van der Waals surface area contributed by atoms with Gasteiger partial charge in [0.15, 0.2) is 8.32 Å². The maximum atomic E-state index is 10.5. The van der Waals surface area contributed by atoms with Gasteiger partial charge in [-0.1, -0.05) is 13.8 Å². The van der Waals surface area contributed by atoms with E-state index in [-0.39, 0.29) is 6.10 Å². The maximum Gasteiger partial charge on any atom is 0.184 e. The average Bonchev–Trinajstić information content (AvgIpc) is 1.80. The first-order chi connectivity index (χ1) is 4.87. The Bertz CT molecular complexity index is 127. The van der Waals surface area contributed by atoms with Gasteiger partial charge in [-0.2, -0.15) is 0 Å². The van der Waals surface area contributed by atoms with E-state index in [0.29, 0.717) is 5.92 Å². The Morgan fingerprint density at radius 3 is 1.82 bits per heavy atom. The molecule has 0 bridgehead atoms. The lowest BCUT2D eigenvalue weighted by Crippen LogP contribution is -2.35. The Morgan fingerprint density at radius 1 is 1.27 bits per heavy atom. The molecule has 0 unspecified atom stereocenters. The van der Waals surface area contributed by atoms with Crippen LogP contribution in [0.4, 0.5) is 0 Å². The zero-order valence-corrected chi connectivity index (χ0v) is 9.05. The zero-order valence-electron chi connectivity index (χ0n) is 8.05. The number of rotatable bonds is 4. The fourth-order valence-electron chi connectivity index (χ4n) is 0.729. The number of hydrogen-bond donors (Lipinski definition) is 0. The quantitative estimate of drug-likeness (QED) is 0.482. The predicted octanol–water partition coefficient (Wildman–Crippen LogP) is 2.06. The van der Waals surface area contributed by atoms with E-state index in [1.54, 1.807) is 0 Å². The van der Waals surface area contributed by atoms with Crippen molar-refractivity contribution >= 4 is 14.6 Å². The fourth-order valence-corrected chi connectivity index (χ4v) is 1.87. The summed E-state index contributed by atoms with van der Waals surface area (Å²) in [5.74, 6) is 0.291. The molecule has 0 rings (SSSR count). The van der Waals surface area contributed by atoms with E-state index in [2.05, 4.69) is 19.6 Å². The van der Waals surface area contributed by atoms with Crippen molar-refractivity contribution < 1.29 is 9.22 Å². The van der Waals surface area contributed by atoms with Crippen LogP contribution in [0.2, 0.25) is 19.6 Å². The Kier molecular flexibility index (Phi) is 3.96. The SMILES string of the molecule is CC(C)[C@@H](C=O)O[Si](C)(C)C. The topological polar surface area (TPSA) is 26.3 Å². The molecule has 11 heavy (non-hydrogen) atoms. The normalized spacial score (nSPS) is 15.1. The van der Waals surface area contributed by atoms with Gasteiger partial charge in [0.25, 0.3) is 0 Å². The van der Waals surface area contributed by atoms with Gasteiger partial charge in [0.2, 0.25) is 0 Å². The molecule has 0 spiro atoms. The molecule has 66 valence electrons. The van der Waals surface area contributed by atoms with Crippen LogP contribution in [0.15, 0.2) is 0 Å². The van der Waals surface area contributed by atoms with Crippen molar-refractivity contribution in [2.24, 2.45) is 5.92 Å². The van der Waals surface area contributed by atoms with E-state index in [4.69, 9.17) is 4.43 Å². The maximum absolute atomic E-state index is 10.5. The van der Waals surface area contributed by atoms with Crippen LogP contribution >= 0.6 is 0 Å². The summed E-state index contributed by atoms with van der Waals surface area (Å²) in [7, 11) is -1.54. The molecule has 0 aliphatic carbocycles. The van der Waals surface area contributed by atoms with Gasteiger partial charge in [-0.15, -0.1) is 0 Å². The predicted molar refractivity (Wildman–Crippen MR) is 49.1 cm³/mol. The van der Waals surface area contributed by atoms with Crippen molar-refractivity contribution in [1.82, 2.24) is 0 Å². The van der Waals surface area contributed by atoms with E-state index >= 15 is 0 Å². The Balaban J connectivity index is 3.99. The van der Waals surface area contributed by atoms with E-state index in [1.165, 1.54) is 0 Å². The first-order valence-corrected chi connectivity index (χ1v) is 7.41. The number of aldehydes is 1. The summed E-state index contributed by atoms with van der Waals surface area (Å²) in [4.78, 5) is 10.5. The van der Waals surface area contributed by atoms with Crippen LogP contribution in [0.5, 0.6) is 0 Å². The minimum Gasteiger partial charge on any atom is -0.408 e. The second-order valence-corrected chi connectivity index (χ2v) is 8.54. The highest BCUT2D eigenvalue weighted by atomic mass is 28.4. The molecule has 0 N–H and O–H groups in total. The highest BCUT2D eigenvalue weighted by Gasteiger charge is 2.22. The minimum absolute atomic E-state index is 0.207. The summed E-state index contributed by atoms with van der Waals surface area (Å²) in [6, 6.07) is 0. The van der Waals surface area contributed by atoms with E-state index in [0.717, 1.165) is 6.29 Å². The zero-order chi connectivity index (χ0) is 9.07. The Labute approximate surface area is 70.1 Å². The van der Waals surface area contributed by atoms with Gasteiger partial charge in [-0.05, 0) is 25.6 Å². The summed E-state index contributed by atoms with van der Waals surface area (Å²) in [6.45, 7) is 10.3. The van der Waals surface area contributed by atoms with E-state index in [1.807, 2.05) is 13.8 Å². The van der Waals surface area contributed by atoms with E-state index < -0.39 is 8.32 Å². The van der Waals surface area contributed by atoms with Crippen molar-refractivity contribution in [2.45, 2.75) is 39.6 Å². The van der Waals surface area contributed by atoms with Gasteiger partial charge < -0.3 is 9.22 Å². The third-order valence-electron chi connectivity index (χ3n) is 1.28. The fraction of sp³-hybridized carbons (Fsp3) is 0.875. The van der Waals surface area contributed by atoms with Gasteiger partial charge in [0.1, 0.15) is 12.4 Å². The third kappa shape index (κ3) is 5.15. The van der Waals surface area contributed by atoms with Crippen molar-refractivity contribution in [3.8, 4) is 0 Å². The minimum atomic E-state index is -1.54. The molecule has 0 aromatic heterocycles. The number of carbonyl (C=O) groups is 1. The highest BCUT2D eigenvalue weighted by molar-refractivity contribution is 6.69. The van der Waals surface area contributed by atoms with Crippen molar-refractivity contribution in [2.75, 3.05) is 0 Å². The molecule has 0 saturated carbocycles. The lowest BCUT2D eigenvalue weighted by molar-refractivity contribution is -0.115. The highest BCUT2D eigenvalue weighted by Crippen LogP contribution is 2.11. The van der Waals surface area contributed by atoms with Crippen LogP contribution in [0.3, 0.4) is 0 Å². The largest absolute Gasteiger partial charge is 0.408 e. The van der Waals surface area contributed by atoms with Crippen LogP contribution in [0, 0.1) is 5.92 Å². The van der Waals surface area contributed by atoms with E-state index in [9.17, 15) is 4.79 Å². The first kappa shape index (κ1) is 10.8. The van der Waals surface area contributed by atoms with Crippen LogP contribution in [-0.4, -0.2) is 20.7 Å². The molecule has 0 aliphatic rings. The lowest BCUT2D eigenvalue weighted by Gasteiger charge is -2.24. The van der Waals surface area contributed by atoms with Crippen molar-refractivity contribution in [3.63, 3.8) is 0 Å². The van der Waals surface area contributed by atoms with Gasteiger partial charge in [0.05, 0.1) is 0 Å². The summed E-state index contributed by atoms with van der Waals surface area (Å²) in [5, 5.41) is 0. The molecule has 0 saturated heterocycles. The van der Waals surface area contributed by atoms with Crippen LogP contribution < -0.4 is 0 Å². The van der Waals surface area contributed by atoms with Crippen LogP contribution in [0.1, 0.15) is 13.8 Å². The first-order valence-electron chi connectivity index (χ1n) is 4.00. The molecule has 0 amide bonds. The smallest absolute Gasteiger partial charge is 0.184 e. The summed E-state index contributed by atoms with van der Waals surface area (Å²) in [5.41, 5.74) is 0. The molecule has 0 aromatic rings. The average molecular weight is 174 g/mol. The molecule has 1 atom stereocenters. The number of hydrogen-bond acceptors (Lipinski definition) is 2. The Hall–Kier alpha value is -0.153. The van der Waals surface area contributed by atoms with Crippen LogP contribution in [-0.2, 0) is 9.22 Å². The van der Waals surface area contributed by atoms with Crippen molar-refractivity contribution in [1.29, 1.82) is 0 Å². The number of carbonyl (C=O) groups excluding carboxylic acids is 1. The van der Waals surface area contributed by atoms with Crippen molar-refractivity contribution in [3.05, 3.63) is 0 Å². The molecular formula is C8H18O2Si. The van der Waals surface area contributed by atoms with Gasteiger partial charge in [-0.3, -0.25) is 0 Å². The molecule has 0 aromatic carbocycles. The second kappa shape index (κ2) is 4.02. The molecule has 0 aliphatic heterocycles. The molecule has 0 heterocycles. The molecule has 2 nitrogen and oxygen atoms in total. The lowest BCUT2D eigenvalue weighted by atomic mass is 10.1. The third-order valence-corrected chi connectivity index (χ3v) is 2.26. The Morgan fingerprint density at radius 2 is 1.73 bits per heavy atom.